The van der Waals surface area contributed by atoms with E-state index in [1.165, 1.54) is 0 Å². The van der Waals surface area contributed by atoms with Crippen LogP contribution in [-0.2, 0) is 4.79 Å². The highest BCUT2D eigenvalue weighted by Crippen LogP contribution is 2.24. The normalized spacial score (nSPS) is 19.9. The van der Waals surface area contributed by atoms with Crippen molar-refractivity contribution in [1.29, 1.82) is 0 Å². The fraction of sp³-hybridized carbons (Fsp3) is 0.500. The summed E-state index contributed by atoms with van der Waals surface area (Å²) in [5.74, 6) is 0.212. The van der Waals surface area contributed by atoms with Gasteiger partial charge in [-0.15, -0.1) is 0 Å². The maximum atomic E-state index is 12.3. The van der Waals surface area contributed by atoms with E-state index in [0.29, 0.717) is 0 Å². The minimum atomic E-state index is -0.0626. The van der Waals surface area contributed by atoms with Crippen LogP contribution >= 0.6 is 15.9 Å². The molecular formula is C14H20BrN3O. The third-order valence-corrected chi connectivity index (χ3v) is 4.07. The summed E-state index contributed by atoms with van der Waals surface area (Å²) in [7, 11) is 3.80. The molecule has 1 N–H and O–H groups in total. The van der Waals surface area contributed by atoms with Crippen molar-refractivity contribution in [2.75, 3.05) is 38.6 Å². The van der Waals surface area contributed by atoms with Crippen LogP contribution in [0.1, 0.15) is 6.42 Å². The summed E-state index contributed by atoms with van der Waals surface area (Å²) >= 11 is 3.44. The van der Waals surface area contributed by atoms with Gasteiger partial charge in [0, 0.05) is 30.3 Å². The zero-order chi connectivity index (χ0) is 13.8. The number of benzene rings is 1. The number of carbonyl (C=O) groups is 1. The zero-order valence-corrected chi connectivity index (χ0v) is 13.0. The molecule has 1 aliphatic rings. The molecule has 1 amide bonds. The fourth-order valence-electron chi connectivity index (χ4n) is 2.41. The largest absolute Gasteiger partial charge is 0.358 e. The van der Waals surface area contributed by atoms with Crippen LogP contribution in [0, 0.1) is 0 Å². The molecule has 0 spiro atoms. The van der Waals surface area contributed by atoms with E-state index in [4.69, 9.17) is 0 Å². The van der Waals surface area contributed by atoms with Gasteiger partial charge in [-0.25, -0.2) is 0 Å². The number of rotatable bonds is 4. The number of hydrogen-bond donors (Lipinski definition) is 1. The highest BCUT2D eigenvalue weighted by atomic mass is 79.9. The molecule has 1 heterocycles. The van der Waals surface area contributed by atoms with Crippen LogP contribution in [0.3, 0.4) is 0 Å². The number of amides is 1. The quantitative estimate of drug-likeness (QED) is 0.915. The van der Waals surface area contributed by atoms with Crippen LogP contribution in [0.15, 0.2) is 28.7 Å². The summed E-state index contributed by atoms with van der Waals surface area (Å²) in [4.78, 5) is 16.4. The fourth-order valence-corrected chi connectivity index (χ4v) is 2.68. The Bertz CT molecular complexity index is 435. The summed E-state index contributed by atoms with van der Waals surface area (Å²) in [6.07, 6.45) is 0.829. The van der Waals surface area contributed by atoms with Gasteiger partial charge in [-0.3, -0.25) is 4.79 Å². The van der Waals surface area contributed by atoms with Crippen LogP contribution in [0.5, 0.6) is 0 Å². The number of piperazine rings is 1. The van der Waals surface area contributed by atoms with Gasteiger partial charge >= 0.3 is 0 Å². The van der Waals surface area contributed by atoms with Crippen LogP contribution in [0.25, 0.3) is 0 Å². The number of halogens is 1. The molecule has 1 saturated heterocycles. The maximum absolute atomic E-state index is 12.3. The summed E-state index contributed by atoms with van der Waals surface area (Å²) in [5.41, 5.74) is 1.12. The molecule has 1 aromatic carbocycles. The number of anilines is 1. The lowest BCUT2D eigenvalue weighted by atomic mass is 10.1. The number of nitrogens with one attached hydrogen (secondary N) is 1. The molecule has 1 unspecified atom stereocenters. The van der Waals surface area contributed by atoms with E-state index in [1.54, 1.807) is 0 Å². The van der Waals surface area contributed by atoms with E-state index in [0.717, 1.165) is 36.2 Å². The zero-order valence-electron chi connectivity index (χ0n) is 11.4. The molecule has 0 bridgehead atoms. The van der Waals surface area contributed by atoms with E-state index in [1.807, 2.05) is 31.1 Å². The topological polar surface area (TPSA) is 35.6 Å². The Hall–Kier alpha value is -1.07. The van der Waals surface area contributed by atoms with E-state index < -0.39 is 0 Å². The molecular weight excluding hydrogens is 306 g/mol. The van der Waals surface area contributed by atoms with Crippen LogP contribution in [0.4, 0.5) is 5.69 Å². The van der Waals surface area contributed by atoms with Gasteiger partial charge in [0.15, 0.2) is 0 Å². The third-order valence-electron chi connectivity index (χ3n) is 3.54. The Morgan fingerprint density at radius 2 is 2.00 bits per heavy atom. The molecule has 5 heteroatoms. The Morgan fingerprint density at radius 1 is 1.32 bits per heavy atom. The lowest BCUT2D eigenvalue weighted by Crippen LogP contribution is -2.56. The first-order valence-electron chi connectivity index (χ1n) is 6.55. The highest BCUT2D eigenvalue weighted by Gasteiger charge is 2.32. The second-order valence-electron chi connectivity index (χ2n) is 4.84. The Balaban J connectivity index is 2.20. The van der Waals surface area contributed by atoms with Gasteiger partial charge in [-0.2, -0.15) is 0 Å². The van der Waals surface area contributed by atoms with Crippen molar-refractivity contribution in [1.82, 2.24) is 10.2 Å². The van der Waals surface area contributed by atoms with E-state index in [2.05, 4.69) is 38.3 Å². The molecule has 1 fully saturated rings. The number of nitrogens with zero attached hydrogens (tertiary/aromatic N) is 2. The first kappa shape index (κ1) is 14.3. The Labute approximate surface area is 122 Å². The van der Waals surface area contributed by atoms with Crippen molar-refractivity contribution >= 4 is 27.5 Å². The van der Waals surface area contributed by atoms with Crippen molar-refractivity contribution < 1.29 is 4.79 Å². The van der Waals surface area contributed by atoms with Gasteiger partial charge in [-0.05, 0) is 44.3 Å². The molecule has 0 aliphatic carbocycles. The predicted octanol–water partition coefficient (Wildman–Crippen LogP) is 1.71. The standard InChI is InChI=1S/C14H20BrN3O/c1-16-8-7-13-14(19)17(2)9-10-18(13)12-5-3-11(15)4-6-12/h3-6,13,16H,7-10H2,1-2H3. The molecule has 0 aromatic heterocycles. The molecule has 1 aliphatic heterocycles. The first-order valence-corrected chi connectivity index (χ1v) is 7.34. The molecule has 19 heavy (non-hydrogen) atoms. The van der Waals surface area contributed by atoms with Crippen LogP contribution < -0.4 is 10.2 Å². The first-order chi connectivity index (χ1) is 9.13. The van der Waals surface area contributed by atoms with Crippen molar-refractivity contribution in [3.63, 3.8) is 0 Å². The van der Waals surface area contributed by atoms with Gasteiger partial charge in [0.05, 0.1) is 0 Å². The molecule has 4 nitrogen and oxygen atoms in total. The van der Waals surface area contributed by atoms with E-state index in [9.17, 15) is 4.79 Å². The Kier molecular flexibility index (Phi) is 4.82. The number of likely N-dealkylation sites (N-methyl/N-ethyl adjacent to an activating group) is 1. The summed E-state index contributed by atoms with van der Waals surface area (Å²) in [6.45, 7) is 2.51. The van der Waals surface area contributed by atoms with E-state index in [-0.39, 0.29) is 11.9 Å². The van der Waals surface area contributed by atoms with Crippen LogP contribution in [-0.4, -0.2) is 50.6 Å². The second kappa shape index (κ2) is 6.39. The lowest BCUT2D eigenvalue weighted by Gasteiger charge is -2.40. The molecule has 0 radical (unpaired) electrons. The summed E-state index contributed by atoms with van der Waals surface area (Å²) < 4.78 is 1.06. The molecule has 1 atom stereocenters. The van der Waals surface area contributed by atoms with Gasteiger partial charge in [0.1, 0.15) is 6.04 Å². The minimum absolute atomic E-state index is 0.0626. The summed E-state index contributed by atoms with van der Waals surface area (Å²) in [5, 5.41) is 3.13. The molecule has 0 saturated carbocycles. The van der Waals surface area contributed by atoms with Gasteiger partial charge in [0.25, 0.3) is 0 Å². The van der Waals surface area contributed by atoms with Crippen LogP contribution in [0.2, 0.25) is 0 Å². The third kappa shape index (κ3) is 3.28. The molecule has 1 aromatic rings. The SMILES string of the molecule is CNCCC1C(=O)N(C)CCN1c1ccc(Br)cc1. The molecule has 2 rings (SSSR count). The van der Waals surface area contributed by atoms with E-state index >= 15 is 0 Å². The van der Waals surface area contributed by atoms with Gasteiger partial charge in [-0.1, -0.05) is 15.9 Å². The second-order valence-corrected chi connectivity index (χ2v) is 5.75. The Morgan fingerprint density at radius 3 is 2.63 bits per heavy atom. The predicted molar refractivity (Wildman–Crippen MR) is 81.5 cm³/mol. The van der Waals surface area contributed by atoms with Crippen molar-refractivity contribution in [3.8, 4) is 0 Å². The number of carbonyl (C=O) groups excluding carboxylic acids is 1. The van der Waals surface area contributed by atoms with Gasteiger partial charge < -0.3 is 15.1 Å². The average Bonchev–Trinajstić information content (AvgIpc) is 2.41. The minimum Gasteiger partial charge on any atom is -0.358 e. The summed E-state index contributed by atoms with van der Waals surface area (Å²) in [6, 6.07) is 8.11. The number of hydrogen-bond acceptors (Lipinski definition) is 3. The monoisotopic (exact) mass is 325 g/mol. The highest BCUT2D eigenvalue weighted by molar-refractivity contribution is 9.10. The maximum Gasteiger partial charge on any atom is 0.245 e. The van der Waals surface area contributed by atoms with Crippen molar-refractivity contribution in [2.24, 2.45) is 0 Å². The average molecular weight is 326 g/mol. The van der Waals surface area contributed by atoms with Crippen molar-refractivity contribution in [2.45, 2.75) is 12.5 Å². The lowest BCUT2D eigenvalue weighted by molar-refractivity contribution is -0.133. The van der Waals surface area contributed by atoms with Gasteiger partial charge in [0.2, 0.25) is 5.91 Å². The smallest absolute Gasteiger partial charge is 0.245 e. The molecule has 104 valence electrons. The van der Waals surface area contributed by atoms with Crippen molar-refractivity contribution in [3.05, 3.63) is 28.7 Å².